The molecule has 0 unspecified atom stereocenters. The Hall–Kier alpha value is -1.43. The van der Waals surface area contributed by atoms with E-state index in [0.29, 0.717) is 5.56 Å². The van der Waals surface area contributed by atoms with Gasteiger partial charge in [0.1, 0.15) is 6.61 Å². The summed E-state index contributed by atoms with van der Waals surface area (Å²) in [5.41, 5.74) is 0.613. The number of nitrogens with one attached hydrogen (secondary N) is 1. The van der Waals surface area contributed by atoms with Crippen molar-refractivity contribution in [1.82, 2.24) is 5.32 Å². The van der Waals surface area contributed by atoms with E-state index in [1.54, 1.807) is 7.05 Å². The number of rotatable bonds is 3. The largest absolute Gasteiger partial charge is 0.488 e. The lowest BCUT2D eigenvalue weighted by Gasteiger charge is -2.09. The number of benzene rings is 1. The van der Waals surface area contributed by atoms with Crippen molar-refractivity contribution < 1.29 is 22.6 Å². The highest BCUT2D eigenvalue weighted by atomic mass is 19.3. The number of fused-ring (bicyclic) bond motifs is 1. The van der Waals surface area contributed by atoms with Gasteiger partial charge in [-0.3, -0.25) is 0 Å². The van der Waals surface area contributed by atoms with Crippen molar-refractivity contribution in [2.75, 3.05) is 13.7 Å². The smallest absolute Gasteiger partial charge is 0.387 e. The van der Waals surface area contributed by atoms with E-state index < -0.39 is 18.2 Å². The first-order chi connectivity index (χ1) is 7.63. The first-order valence-corrected chi connectivity index (χ1v) is 4.70. The molecule has 2 rings (SSSR count). The van der Waals surface area contributed by atoms with E-state index in [-0.39, 0.29) is 18.4 Å². The fourth-order valence-electron chi connectivity index (χ4n) is 1.66. The van der Waals surface area contributed by atoms with E-state index in [9.17, 15) is 13.2 Å². The van der Waals surface area contributed by atoms with Crippen LogP contribution in [0.1, 0.15) is 11.6 Å². The van der Waals surface area contributed by atoms with Crippen LogP contribution in [0.25, 0.3) is 0 Å². The molecule has 1 heterocycles. The lowest BCUT2D eigenvalue weighted by molar-refractivity contribution is -0.0523. The van der Waals surface area contributed by atoms with Crippen LogP contribution in [0.5, 0.6) is 11.5 Å². The van der Waals surface area contributed by atoms with Crippen LogP contribution in [-0.2, 0) is 0 Å². The van der Waals surface area contributed by atoms with Crippen molar-refractivity contribution in [1.29, 1.82) is 0 Å². The molecule has 6 heteroatoms. The van der Waals surface area contributed by atoms with Crippen LogP contribution in [0.4, 0.5) is 13.2 Å². The maximum absolute atomic E-state index is 13.6. The van der Waals surface area contributed by atoms with Crippen LogP contribution in [-0.4, -0.2) is 20.3 Å². The van der Waals surface area contributed by atoms with E-state index in [2.05, 4.69) is 10.1 Å². The molecule has 0 aromatic heterocycles. The van der Waals surface area contributed by atoms with Crippen molar-refractivity contribution in [2.45, 2.75) is 12.7 Å². The molecule has 1 aromatic carbocycles. The van der Waals surface area contributed by atoms with Crippen molar-refractivity contribution in [2.24, 2.45) is 0 Å². The van der Waals surface area contributed by atoms with Crippen molar-refractivity contribution >= 4 is 0 Å². The molecule has 1 aliphatic rings. The first-order valence-electron chi connectivity index (χ1n) is 4.70. The summed E-state index contributed by atoms with van der Waals surface area (Å²) >= 11 is 0. The van der Waals surface area contributed by atoms with Gasteiger partial charge in [0.25, 0.3) is 0 Å². The normalized spacial score (nSPS) is 18.4. The van der Waals surface area contributed by atoms with E-state index in [1.165, 1.54) is 12.1 Å². The van der Waals surface area contributed by atoms with Crippen LogP contribution in [0.15, 0.2) is 12.1 Å². The highest BCUT2D eigenvalue weighted by Gasteiger charge is 2.28. The molecule has 1 atom stereocenters. The van der Waals surface area contributed by atoms with Crippen LogP contribution >= 0.6 is 0 Å². The second-order valence-electron chi connectivity index (χ2n) is 3.33. The van der Waals surface area contributed by atoms with Gasteiger partial charge in [-0.05, 0) is 19.2 Å². The van der Waals surface area contributed by atoms with Gasteiger partial charge in [-0.2, -0.15) is 13.2 Å². The standard InChI is InChI=1S/C10H10F3NO2/c1-14-6-4-15-9-5(6)2-3-7(8(9)11)16-10(12)13/h2-3,6,10,14H,4H2,1H3/t6-/m1/s1. The Kier molecular flexibility index (Phi) is 2.91. The van der Waals surface area contributed by atoms with Gasteiger partial charge >= 0.3 is 6.61 Å². The Morgan fingerprint density at radius 3 is 2.88 bits per heavy atom. The molecule has 3 nitrogen and oxygen atoms in total. The van der Waals surface area contributed by atoms with Crippen LogP contribution in [0.3, 0.4) is 0 Å². The zero-order chi connectivity index (χ0) is 11.7. The maximum Gasteiger partial charge on any atom is 0.387 e. The van der Waals surface area contributed by atoms with Gasteiger partial charge in [-0.25, -0.2) is 0 Å². The second kappa shape index (κ2) is 4.21. The summed E-state index contributed by atoms with van der Waals surface area (Å²) in [5, 5.41) is 2.93. The molecule has 16 heavy (non-hydrogen) atoms. The van der Waals surface area contributed by atoms with Gasteiger partial charge in [0, 0.05) is 5.56 Å². The van der Waals surface area contributed by atoms with Gasteiger partial charge in [0.2, 0.25) is 5.82 Å². The maximum atomic E-state index is 13.6. The van der Waals surface area contributed by atoms with E-state index in [0.717, 1.165) is 0 Å². The molecule has 0 radical (unpaired) electrons. The van der Waals surface area contributed by atoms with Crippen LogP contribution in [0.2, 0.25) is 0 Å². The van der Waals surface area contributed by atoms with Gasteiger partial charge in [0.15, 0.2) is 11.5 Å². The molecule has 0 aliphatic carbocycles. The molecular weight excluding hydrogens is 223 g/mol. The molecule has 88 valence electrons. The summed E-state index contributed by atoms with van der Waals surface area (Å²) in [7, 11) is 1.71. The Morgan fingerprint density at radius 2 is 2.25 bits per heavy atom. The number of ether oxygens (including phenoxy) is 2. The lowest BCUT2D eigenvalue weighted by Crippen LogP contribution is -2.17. The number of hydrogen-bond acceptors (Lipinski definition) is 3. The summed E-state index contributed by atoms with van der Waals surface area (Å²) in [4.78, 5) is 0. The number of alkyl halides is 2. The van der Waals surface area contributed by atoms with Crippen molar-refractivity contribution in [3.8, 4) is 11.5 Å². The topological polar surface area (TPSA) is 30.5 Å². The monoisotopic (exact) mass is 233 g/mol. The summed E-state index contributed by atoms with van der Waals surface area (Å²) < 4.78 is 46.7. The Labute approximate surface area is 90.2 Å². The van der Waals surface area contributed by atoms with E-state index in [1.807, 2.05) is 0 Å². The molecule has 0 fully saturated rings. The Morgan fingerprint density at radius 1 is 1.50 bits per heavy atom. The fraction of sp³-hybridized carbons (Fsp3) is 0.400. The quantitative estimate of drug-likeness (QED) is 0.867. The highest BCUT2D eigenvalue weighted by Crippen LogP contribution is 2.38. The average Bonchev–Trinajstić information content (AvgIpc) is 2.65. The molecule has 1 aromatic rings. The average molecular weight is 233 g/mol. The third-order valence-corrected chi connectivity index (χ3v) is 2.43. The predicted molar refractivity (Wildman–Crippen MR) is 50.3 cm³/mol. The molecule has 0 bridgehead atoms. The second-order valence-corrected chi connectivity index (χ2v) is 3.33. The molecular formula is C10H10F3NO2. The molecule has 0 saturated heterocycles. The van der Waals surface area contributed by atoms with Gasteiger partial charge in [-0.15, -0.1) is 0 Å². The SMILES string of the molecule is CN[C@@H]1COc2c1ccc(OC(F)F)c2F. The Balaban J connectivity index is 2.34. The third-order valence-electron chi connectivity index (χ3n) is 2.43. The summed E-state index contributed by atoms with van der Waals surface area (Å²) in [6.45, 7) is -2.77. The minimum Gasteiger partial charge on any atom is -0.488 e. The number of likely N-dealkylation sites (N-methyl/N-ethyl adjacent to an activating group) is 1. The van der Waals surface area contributed by atoms with Crippen LogP contribution in [0, 0.1) is 5.82 Å². The molecule has 1 aliphatic heterocycles. The highest BCUT2D eigenvalue weighted by molar-refractivity contribution is 5.46. The van der Waals surface area contributed by atoms with Crippen molar-refractivity contribution in [3.63, 3.8) is 0 Å². The van der Waals surface area contributed by atoms with E-state index in [4.69, 9.17) is 4.74 Å². The van der Waals surface area contributed by atoms with Gasteiger partial charge < -0.3 is 14.8 Å². The van der Waals surface area contributed by atoms with Gasteiger partial charge in [-0.1, -0.05) is 0 Å². The fourth-order valence-corrected chi connectivity index (χ4v) is 1.66. The number of halogens is 3. The summed E-state index contributed by atoms with van der Waals surface area (Å²) in [6, 6.07) is 2.58. The number of hydrogen-bond donors (Lipinski definition) is 1. The van der Waals surface area contributed by atoms with Crippen LogP contribution < -0.4 is 14.8 Å². The minimum absolute atomic E-state index is 0.0162. The molecule has 0 amide bonds. The predicted octanol–water partition coefficient (Wildman–Crippen LogP) is 2.08. The molecule has 0 saturated carbocycles. The first kappa shape index (κ1) is 11.1. The van der Waals surface area contributed by atoms with Gasteiger partial charge in [0.05, 0.1) is 6.04 Å². The molecule has 0 spiro atoms. The zero-order valence-corrected chi connectivity index (χ0v) is 8.47. The minimum atomic E-state index is -3.05. The third kappa shape index (κ3) is 1.80. The van der Waals surface area contributed by atoms with E-state index >= 15 is 0 Å². The summed E-state index contributed by atoms with van der Waals surface area (Å²) in [6.07, 6.45) is 0. The lowest BCUT2D eigenvalue weighted by atomic mass is 10.1. The zero-order valence-electron chi connectivity index (χ0n) is 8.47. The molecule has 1 N–H and O–H groups in total. The van der Waals surface area contributed by atoms with Crippen molar-refractivity contribution in [3.05, 3.63) is 23.5 Å². The Bertz CT molecular complexity index is 398. The summed E-state index contributed by atoms with van der Waals surface area (Å²) in [5.74, 6) is -1.39.